The monoisotopic (exact) mass is 177 g/mol. The first-order chi connectivity index (χ1) is 6.33. The van der Waals surface area contributed by atoms with Crippen molar-refractivity contribution in [1.29, 1.82) is 0 Å². The van der Waals surface area contributed by atoms with E-state index < -0.39 is 0 Å². The van der Waals surface area contributed by atoms with E-state index in [0.29, 0.717) is 0 Å². The van der Waals surface area contributed by atoms with E-state index in [4.69, 9.17) is 0 Å². The van der Waals surface area contributed by atoms with Crippen molar-refractivity contribution >= 4 is 11.7 Å². The predicted octanol–water partition coefficient (Wildman–Crippen LogP) is 1.05. The van der Waals surface area contributed by atoms with Crippen molar-refractivity contribution in [2.24, 2.45) is 0 Å². The molecule has 1 aliphatic rings. The van der Waals surface area contributed by atoms with Crippen molar-refractivity contribution < 1.29 is 9.53 Å². The van der Waals surface area contributed by atoms with Crippen molar-refractivity contribution in [3.05, 3.63) is 30.3 Å². The van der Waals surface area contributed by atoms with Gasteiger partial charge in [0.15, 0.2) is 0 Å². The standard InChI is InChI=1S/C10H11NO2/c1-13-10(12)9-7-11(9)8-5-3-2-4-6-8/h2-6,9H,7H2,1H3/t9-,11?/m1/s1. The molecule has 0 spiro atoms. The molecule has 0 N–H and O–H groups in total. The van der Waals surface area contributed by atoms with E-state index in [0.717, 1.165) is 12.2 Å². The fraction of sp³-hybridized carbons (Fsp3) is 0.300. The predicted molar refractivity (Wildman–Crippen MR) is 49.6 cm³/mol. The molecular weight excluding hydrogens is 166 g/mol. The number of hydrogen-bond acceptors (Lipinski definition) is 3. The van der Waals surface area contributed by atoms with Gasteiger partial charge in [-0.1, -0.05) is 18.2 Å². The molecule has 0 bridgehead atoms. The number of carbonyl (C=O) groups is 1. The molecule has 1 fully saturated rings. The number of para-hydroxylation sites is 1. The molecule has 3 heteroatoms. The summed E-state index contributed by atoms with van der Waals surface area (Å²) in [6.07, 6.45) is 0. The van der Waals surface area contributed by atoms with Crippen molar-refractivity contribution in [3.8, 4) is 0 Å². The zero-order valence-corrected chi connectivity index (χ0v) is 7.43. The molecule has 1 heterocycles. The molecule has 0 aliphatic carbocycles. The number of anilines is 1. The van der Waals surface area contributed by atoms with Crippen molar-refractivity contribution in [2.75, 3.05) is 18.6 Å². The van der Waals surface area contributed by atoms with Crippen molar-refractivity contribution in [2.45, 2.75) is 6.04 Å². The highest BCUT2D eigenvalue weighted by Crippen LogP contribution is 2.27. The van der Waals surface area contributed by atoms with Gasteiger partial charge in [0.05, 0.1) is 13.7 Å². The van der Waals surface area contributed by atoms with E-state index in [1.165, 1.54) is 7.11 Å². The first kappa shape index (κ1) is 8.10. The highest BCUT2D eigenvalue weighted by molar-refractivity contribution is 5.86. The van der Waals surface area contributed by atoms with Gasteiger partial charge in [0.1, 0.15) is 6.04 Å². The van der Waals surface area contributed by atoms with Crippen LogP contribution in [0.3, 0.4) is 0 Å². The minimum absolute atomic E-state index is 0.0626. The molecule has 1 aromatic carbocycles. The molecule has 3 nitrogen and oxygen atoms in total. The van der Waals surface area contributed by atoms with Gasteiger partial charge in [-0.15, -0.1) is 0 Å². The van der Waals surface area contributed by atoms with Crippen molar-refractivity contribution in [1.82, 2.24) is 0 Å². The number of carbonyl (C=O) groups excluding carboxylic acids is 1. The van der Waals surface area contributed by atoms with Crippen LogP contribution in [0.5, 0.6) is 0 Å². The van der Waals surface area contributed by atoms with Gasteiger partial charge in [-0.25, -0.2) is 4.79 Å². The Morgan fingerprint density at radius 1 is 1.46 bits per heavy atom. The quantitative estimate of drug-likeness (QED) is 0.499. The molecule has 0 amide bonds. The van der Waals surface area contributed by atoms with Gasteiger partial charge in [-0.2, -0.15) is 0 Å². The summed E-state index contributed by atoms with van der Waals surface area (Å²) in [7, 11) is 1.42. The molecule has 0 radical (unpaired) electrons. The number of ether oxygens (including phenoxy) is 1. The third-order valence-corrected chi connectivity index (χ3v) is 2.17. The summed E-state index contributed by atoms with van der Waals surface area (Å²) in [5, 5.41) is 0. The first-order valence-corrected chi connectivity index (χ1v) is 4.22. The number of hydrogen-bond donors (Lipinski definition) is 0. The molecule has 0 unspecified atom stereocenters. The smallest absolute Gasteiger partial charge is 0.330 e. The summed E-state index contributed by atoms with van der Waals surface area (Å²) >= 11 is 0. The van der Waals surface area contributed by atoms with Crippen LogP contribution in [0.15, 0.2) is 30.3 Å². The zero-order valence-electron chi connectivity index (χ0n) is 7.43. The molecule has 2 rings (SSSR count). The average Bonchev–Trinajstić information content (AvgIpc) is 2.98. The van der Waals surface area contributed by atoms with Gasteiger partial charge in [0.2, 0.25) is 0 Å². The van der Waals surface area contributed by atoms with Gasteiger partial charge in [-0.3, -0.25) is 0 Å². The van der Waals surface area contributed by atoms with E-state index >= 15 is 0 Å². The second-order valence-corrected chi connectivity index (χ2v) is 3.03. The third kappa shape index (κ3) is 1.49. The number of nitrogens with zero attached hydrogens (tertiary/aromatic N) is 1. The normalized spacial score (nSPS) is 19.8. The summed E-state index contributed by atoms with van der Waals surface area (Å²) in [5.41, 5.74) is 1.08. The SMILES string of the molecule is COC(=O)[C@H]1CN1c1ccccc1. The lowest BCUT2D eigenvalue weighted by atomic mass is 10.3. The lowest BCUT2D eigenvalue weighted by molar-refractivity contribution is -0.139. The Balaban J connectivity index is 2.04. The highest BCUT2D eigenvalue weighted by Gasteiger charge is 2.41. The van der Waals surface area contributed by atoms with Gasteiger partial charge in [0, 0.05) is 5.69 Å². The highest BCUT2D eigenvalue weighted by atomic mass is 16.5. The van der Waals surface area contributed by atoms with Gasteiger partial charge < -0.3 is 9.64 Å². The maximum atomic E-state index is 11.1. The third-order valence-electron chi connectivity index (χ3n) is 2.17. The summed E-state index contributed by atoms with van der Waals surface area (Å²) < 4.78 is 4.65. The van der Waals surface area contributed by atoms with Gasteiger partial charge in [-0.05, 0) is 12.1 Å². The Labute approximate surface area is 76.9 Å². The van der Waals surface area contributed by atoms with Crippen LogP contribution in [0.4, 0.5) is 5.69 Å². The lowest BCUT2D eigenvalue weighted by Gasteiger charge is -2.03. The molecule has 13 heavy (non-hydrogen) atoms. The van der Waals surface area contributed by atoms with Crippen LogP contribution in [-0.2, 0) is 9.53 Å². The van der Waals surface area contributed by atoms with Crippen molar-refractivity contribution in [3.63, 3.8) is 0 Å². The number of esters is 1. The molecule has 0 saturated carbocycles. The zero-order chi connectivity index (χ0) is 9.26. The molecule has 1 saturated heterocycles. The maximum absolute atomic E-state index is 11.1. The van der Waals surface area contributed by atoms with Crippen LogP contribution >= 0.6 is 0 Å². The largest absolute Gasteiger partial charge is 0.467 e. The second kappa shape index (κ2) is 3.09. The number of rotatable bonds is 2. The van der Waals surface area contributed by atoms with E-state index in [9.17, 15) is 4.79 Å². The van der Waals surface area contributed by atoms with Crippen LogP contribution in [-0.4, -0.2) is 25.7 Å². The fourth-order valence-corrected chi connectivity index (χ4v) is 1.38. The molecule has 1 aromatic rings. The molecule has 1 atom stereocenters. The Bertz CT molecular complexity index is 310. The van der Waals surface area contributed by atoms with Crippen LogP contribution < -0.4 is 4.90 Å². The average molecular weight is 177 g/mol. The minimum atomic E-state index is -0.149. The summed E-state index contributed by atoms with van der Waals surface area (Å²) in [6.45, 7) is 0.774. The summed E-state index contributed by atoms with van der Waals surface area (Å²) in [5.74, 6) is -0.149. The Kier molecular flexibility index (Phi) is 1.93. The molecule has 68 valence electrons. The molecule has 1 aliphatic heterocycles. The first-order valence-electron chi connectivity index (χ1n) is 4.22. The maximum Gasteiger partial charge on any atom is 0.330 e. The topological polar surface area (TPSA) is 29.3 Å². The van der Waals surface area contributed by atoms with Gasteiger partial charge in [0.25, 0.3) is 0 Å². The van der Waals surface area contributed by atoms with Crippen LogP contribution in [0.25, 0.3) is 0 Å². The Morgan fingerprint density at radius 2 is 2.15 bits per heavy atom. The Hall–Kier alpha value is -1.51. The molecular formula is C10H11NO2. The van der Waals surface area contributed by atoms with E-state index in [-0.39, 0.29) is 12.0 Å². The minimum Gasteiger partial charge on any atom is -0.467 e. The summed E-state index contributed by atoms with van der Waals surface area (Å²) in [6, 6.07) is 9.79. The second-order valence-electron chi connectivity index (χ2n) is 3.03. The lowest BCUT2D eigenvalue weighted by Crippen LogP contribution is -2.13. The Morgan fingerprint density at radius 3 is 2.77 bits per heavy atom. The van der Waals surface area contributed by atoms with E-state index in [2.05, 4.69) is 4.74 Å². The number of benzene rings is 1. The fourth-order valence-electron chi connectivity index (χ4n) is 1.38. The van der Waals surface area contributed by atoms with Crippen LogP contribution in [0, 0.1) is 0 Å². The number of methoxy groups -OCH3 is 1. The van der Waals surface area contributed by atoms with Crippen LogP contribution in [0.2, 0.25) is 0 Å². The molecule has 0 aromatic heterocycles. The van der Waals surface area contributed by atoms with Gasteiger partial charge >= 0.3 is 5.97 Å². The van der Waals surface area contributed by atoms with Crippen LogP contribution in [0.1, 0.15) is 0 Å². The summed E-state index contributed by atoms with van der Waals surface area (Å²) in [4.78, 5) is 13.1. The van der Waals surface area contributed by atoms with E-state index in [1.54, 1.807) is 0 Å². The van der Waals surface area contributed by atoms with E-state index in [1.807, 2.05) is 35.2 Å².